The molecule has 0 radical (unpaired) electrons. The van der Waals surface area contributed by atoms with E-state index >= 15 is 0 Å². The lowest BCUT2D eigenvalue weighted by Crippen LogP contribution is -2.37. The minimum absolute atomic E-state index is 0.0656. The standard InChI is InChI=1S/C17H18F3N5O3S/c1-10-15(27)22-16(24-23-10)29-9-14(26)21-12-8-11(17(18,19)20)2-3-13(12)25-4-6-28-7-5-25/h2-3,8H,4-7,9H2,1H3,(H,21,26)(H,22,24,27). The zero-order valence-electron chi connectivity index (χ0n) is 15.4. The summed E-state index contributed by atoms with van der Waals surface area (Å²) in [7, 11) is 0. The van der Waals surface area contributed by atoms with Crippen LogP contribution in [0.2, 0.25) is 0 Å². The fraction of sp³-hybridized carbons (Fsp3) is 0.412. The van der Waals surface area contributed by atoms with Gasteiger partial charge in [-0.1, -0.05) is 11.8 Å². The molecule has 0 spiro atoms. The Labute approximate surface area is 167 Å². The number of halogens is 3. The van der Waals surface area contributed by atoms with E-state index in [9.17, 15) is 22.8 Å². The predicted molar refractivity (Wildman–Crippen MR) is 101 cm³/mol. The first kappa shape index (κ1) is 21.1. The van der Waals surface area contributed by atoms with Crippen molar-refractivity contribution in [1.29, 1.82) is 0 Å². The third-order valence-electron chi connectivity index (χ3n) is 4.13. The molecule has 0 atom stereocenters. The van der Waals surface area contributed by atoms with Gasteiger partial charge in [0.15, 0.2) is 5.16 Å². The molecule has 0 aliphatic carbocycles. The van der Waals surface area contributed by atoms with E-state index in [4.69, 9.17) is 4.74 Å². The van der Waals surface area contributed by atoms with Gasteiger partial charge in [0.1, 0.15) is 5.69 Å². The van der Waals surface area contributed by atoms with Gasteiger partial charge in [-0.15, -0.1) is 10.2 Å². The highest BCUT2D eigenvalue weighted by molar-refractivity contribution is 7.99. The van der Waals surface area contributed by atoms with Crippen LogP contribution in [-0.4, -0.2) is 53.1 Å². The lowest BCUT2D eigenvalue weighted by atomic mass is 10.1. The molecule has 0 saturated carbocycles. The number of amides is 1. The molecule has 156 valence electrons. The van der Waals surface area contributed by atoms with Crippen molar-refractivity contribution >= 4 is 29.0 Å². The molecular weight excluding hydrogens is 411 g/mol. The maximum Gasteiger partial charge on any atom is 0.416 e. The highest BCUT2D eigenvalue weighted by atomic mass is 32.2. The lowest BCUT2D eigenvalue weighted by Gasteiger charge is -2.31. The first-order valence-corrected chi connectivity index (χ1v) is 9.63. The summed E-state index contributed by atoms with van der Waals surface area (Å²) in [5, 5.41) is 10.1. The van der Waals surface area contributed by atoms with E-state index in [1.807, 2.05) is 4.90 Å². The Bertz CT molecular complexity index is 945. The van der Waals surface area contributed by atoms with E-state index in [1.165, 1.54) is 13.0 Å². The van der Waals surface area contributed by atoms with Crippen molar-refractivity contribution in [2.45, 2.75) is 18.3 Å². The summed E-state index contributed by atoms with van der Waals surface area (Å²) < 4.78 is 44.6. The van der Waals surface area contributed by atoms with Gasteiger partial charge in [-0.05, 0) is 25.1 Å². The number of rotatable bonds is 5. The van der Waals surface area contributed by atoms with Gasteiger partial charge < -0.3 is 15.0 Å². The van der Waals surface area contributed by atoms with Gasteiger partial charge in [0.2, 0.25) is 5.91 Å². The summed E-state index contributed by atoms with van der Waals surface area (Å²) in [6.07, 6.45) is -4.53. The smallest absolute Gasteiger partial charge is 0.378 e. The molecule has 1 aliphatic heterocycles. The largest absolute Gasteiger partial charge is 0.416 e. The fourth-order valence-corrected chi connectivity index (χ4v) is 3.26. The highest BCUT2D eigenvalue weighted by Gasteiger charge is 2.32. The minimum atomic E-state index is -4.53. The number of hydrogen-bond donors (Lipinski definition) is 2. The van der Waals surface area contributed by atoms with Crippen molar-refractivity contribution in [3.05, 3.63) is 39.8 Å². The predicted octanol–water partition coefficient (Wildman–Crippen LogP) is 2.06. The van der Waals surface area contributed by atoms with Crippen LogP contribution in [0.5, 0.6) is 0 Å². The Morgan fingerprint density at radius 2 is 2.03 bits per heavy atom. The van der Waals surface area contributed by atoms with E-state index in [0.717, 1.165) is 23.9 Å². The molecule has 3 rings (SSSR count). The second-order valence-electron chi connectivity index (χ2n) is 6.21. The Morgan fingerprint density at radius 3 is 2.69 bits per heavy atom. The van der Waals surface area contributed by atoms with Crippen LogP contribution in [-0.2, 0) is 15.7 Å². The number of nitrogens with one attached hydrogen (secondary N) is 2. The maximum atomic E-state index is 13.1. The SMILES string of the molecule is Cc1nnc(SCC(=O)Nc2cc(C(F)(F)F)ccc2N2CCOCC2)[nH]c1=O. The molecule has 2 N–H and O–H groups in total. The summed E-state index contributed by atoms with van der Waals surface area (Å²) in [6, 6.07) is 3.25. The van der Waals surface area contributed by atoms with E-state index in [1.54, 1.807) is 0 Å². The average molecular weight is 429 g/mol. The molecule has 12 heteroatoms. The van der Waals surface area contributed by atoms with Crippen LogP contribution in [0.4, 0.5) is 24.5 Å². The van der Waals surface area contributed by atoms with Crippen LogP contribution >= 0.6 is 11.8 Å². The molecule has 2 aromatic rings. The summed E-state index contributed by atoms with van der Waals surface area (Å²) >= 11 is 0.925. The lowest BCUT2D eigenvalue weighted by molar-refractivity contribution is -0.137. The number of anilines is 2. The number of aromatic amines is 1. The van der Waals surface area contributed by atoms with Crippen LogP contribution < -0.4 is 15.8 Å². The topological polar surface area (TPSA) is 100 Å². The van der Waals surface area contributed by atoms with Gasteiger partial charge in [-0.2, -0.15) is 13.2 Å². The number of alkyl halides is 3. The molecule has 2 heterocycles. The second-order valence-corrected chi connectivity index (χ2v) is 7.17. The van der Waals surface area contributed by atoms with Crippen LogP contribution in [0, 0.1) is 6.92 Å². The number of aromatic nitrogens is 3. The van der Waals surface area contributed by atoms with Crippen LogP contribution in [0.1, 0.15) is 11.3 Å². The molecule has 1 aromatic heterocycles. The van der Waals surface area contributed by atoms with Gasteiger partial charge in [0.05, 0.1) is 35.9 Å². The highest BCUT2D eigenvalue weighted by Crippen LogP contribution is 2.35. The number of H-pyrrole nitrogens is 1. The zero-order chi connectivity index (χ0) is 21.0. The Kier molecular flexibility index (Phi) is 6.42. The molecule has 8 nitrogen and oxygen atoms in total. The monoisotopic (exact) mass is 429 g/mol. The second kappa shape index (κ2) is 8.82. The van der Waals surface area contributed by atoms with Gasteiger partial charge in [-0.3, -0.25) is 14.6 Å². The third-order valence-corrected chi connectivity index (χ3v) is 4.99. The number of nitrogens with zero attached hydrogens (tertiary/aromatic N) is 3. The molecule has 1 fully saturated rings. The van der Waals surface area contributed by atoms with Gasteiger partial charge >= 0.3 is 6.18 Å². The number of benzene rings is 1. The summed E-state index contributed by atoms with van der Waals surface area (Å²) in [6.45, 7) is 3.40. The van der Waals surface area contributed by atoms with Gasteiger partial charge in [0.25, 0.3) is 5.56 Å². The minimum Gasteiger partial charge on any atom is -0.378 e. The summed E-state index contributed by atoms with van der Waals surface area (Å²) in [5.41, 5.74) is -0.529. The third kappa shape index (κ3) is 5.48. The quantitative estimate of drug-likeness (QED) is 0.702. The van der Waals surface area contributed by atoms with Crippen molar-refractivity contribution in [3.63, 3.8) is 0 Å². The fourth-order valence-electron chi connectivity index (χ4n) is 2.66. The van der Waals surface area contributed by atoms with E-state index in [-0.39, 0.29) is 22.3 Å². The van der Waals surface area contributed by atoms with E-state index in [0.29, 0.717) is 32.0 Å². The van der Waals surface area contributed by atoms with Crippen molar-refractivity contribution in [2.75, 3.05) is 42.3 Å². The number of aryl methyl sites for hydroxylation is 1. The zero-order valence-corrected chi connectivity index (χ0v) is 16.2. The molecule has 0 unspecified atom stereocenters. The molecule has 1 amide bonds. The first-order chi connectivity index (χ1) is 13.7. The summed E-state index contributed by atoms with van der Waals surface area (Å²) in [4.78, 5) is 28.2. The van der Waals surface area contributed by atoms with Crippen LogP contribution in [0.25, 0.3) is 0 Å². The maximum absolute atomic E-state index is 13.1. The van der Waals surface area contributed by atoms with Crippen LogP contribution in [0.15, 0.2) is 28.2 Å². The summed E-state index contributed by atoms with van der Waals surface area (Å²) in [5.74, 6) is -0.695. The Balaban J connectivity index is 1.76. The molecule has 1 saturated heterocycles. The van der Waals surface area contributed by atoms with Crippen molar-refractivity contribution in [1.82, 2.24) is 15.2 Å². The molecule has 1 aromatic carbocycles. The molecule has 29 heavy (non-hydrogen) atoms. The first-order valence-electron chi connectivity index (χ1n) is 8.64. The number of thioether (sulfide) groups is 1. The van der Waals surface area contributed by atoms with Gasteiger partial charge in [-0.25, -0.2) is 0 Å². The van der Waals surface area contributed by atoms with Gasteiger partial charge in [0, 0.05) is 13.1 Å². The number of ether oxygens (including phenoxy) is 1. The average Bonchev–Trinajstić information content (AvgIpc) is 2.69. The number of carbonyl (C=O) groups excluding carboxylic acids is 1. The normalized spacial score (nSPS) is 14.7. The van der Waals surface area contributed by atoms with Crippen LogP contribution in [0.3, 0.4) is 0 Å². The Morgan fingerprint density at radius 1 is 1.31 bits per heavy atom. The number of carbonyl (C=O) groups is 1. The molecular formula is C17H18F3N5O3S. The molecule has 0 bridgehead atoms. The molecule has 1 aliphatic rings. The van der Waals surface area contributed by atoms with Crippen molar-refractivity contribution in [3.8, 4) is 0 Å². The van der Waals surface area contributed by atoms with E-state index in [2.05, 4.69) is 20.5 Å². The van der Waals surface area contributed by atoms with Crippen molar-refractivity contribution < 1.29 is 22.7 Å². The number of morpholine rings is 1. The number of hydrogen-bond acceptors (Lipinski definition) is 7. The van der Waals surface area contributed by atoms with E-state index < -0.39 is 23.2 Å². The van der Waals surface area contributed by atoms with Crippen molar-refractivity contribution in [2.24, 2.45) is 0 Å². The Hall–Kier alpha value is -2.60.